The maximum absolute atomic E-state index is 5.57. The molecular weight excluding hydrogens is 312 g/mol. The Balaban J connectivity index is 1.69. The van der Waals surface area contributed by atoms with Crippen LogP contribution in [0.2, 0.25) is 0 Å². The molecule has 2 aromatic rings. The highest BCUT2D eigenvalue weighted by molar-refractivity contribution is 7.13. The molecule has 0 unspecified atom stereocenters. The molecule has 0 aromatic carbocycles. The van der Waals surface area contributed by atoms with Crippen molar-refractivity contribution in [3.05, 3.63) is 35.6 Å². The highest BCUT2D eigenvalue weighted by atomic mass is 32.1. The van der Waals surface area contributed by atoms with Gasteiger partial charge in [0.2, 0.25) is 0 Å². The number of nitrogens with zero attached hydrogens (tertiary/aromatic N) is 4. The van der Waals surface area contributed by atoms with E-state index in [1.807, 2.05) is 36.5 Å². The molecule has 23 heavy (non-hydrogen) atoms. The van der Waals surface area contributed by atoms with E-state index in [0.717, 1.165) is 22.5 Å². The van der Waals surface area contributed by atoms with E-state index < -0.39 is 0 Å². The molecule has 2 aromatic heterocycles. The van der Waals surface area contributed by atoms with Crippen LogP contribution in [-0.4, -0.2) is 50.2 Å². The second-order valence-corrected chi connectivity index (χ2v) is 5.74. The number of aliphatic imine (C=N–C) groups is 1. The van der Waals surface area contributed by atoms with Gasteiger partial charge in [-0.05, 0) is 12.1 Å². The van der Waals surface area contributed by atoms with Crippen molar-refractivity contribution in [1.82, 2.24) is 20.6 Å². The zero-order chi connectivity index (χ0) is 16.5. The van der Waals surface area contributed by atoms with Crippen LogP contribution in [0, 0.1) is 0 Å². The van der Waals surface area contributed by atoms with Crippen LogP contribution in [0.1, 0.15) is 5.69 Å². The van der Waals surface area contributed by atoms with E-state index in [4.69, 9.17) is 4.74 Å². The van der Waals surface area contributed by atoms with E-state index in [0.29, 0.717) is 19.7 Å². The van der Waals surface area contributed by atoms with E-state index in [1.54, 1.807) is 30.8 Å². The van der Waals surface area contributed by atoms with Crippen molar-refractivity contribution in [3.63, 3.8) is 0 Å². The molecule has 0 bridgehead atoms. The quantitative estimate of drug-likeness (QED) is 0.452. The number of ether oxygens (including phenoxy) is 1. The van der Waals surface area contributed by atoms with Gasteiger partial charge >= 0.3 is 0 Å². The molecule has 0 fully saturated rings. The summed E-state index contributed by atoms with van der Waals surface area (Å²) in [6.07, 6.45) is 3.41. The van der Waals surface area contributed by atoms with Gasteiger partial charge in [0.15, 0.2) is 11.1 Å². The average Bonchev–Trinajstić information content (AvgIpc) is 3.04. The summed E-state index contributed by atoms with van der Waals surface area (Å²) in [4.78, 5) is 14.7. The minimum atomic E-state index is 0.536. The maximum atomic E-state index is 5.57. The number of thiazole rings is 1. The van der Waals surface area contributed by atoms with Crippen molar-refractivity contribution in [3.8, 4) is 5.75 Å². The summed E-state index contributed by atoms with van der Waals surface area (Å²) >= 11 is 1.62. The first kappa shape index (κ1) is 17.0. The highest BCUT2D eigenvalue weighted by Crippen LogP contribution is 2.17. The van der Waals surface area contributed by atoms with Crippen molar-refractivity contribution in [1.29, 1.82) is 0 Å². The number of hydrogen-bond acceptors (Lipinski definition) is 6. The predicted molar refractivity (Wildman–Crippen MR) is 94.4 cm³/mol. The second kappa shape index (κ2) is 8.94. The van der Waals surface area contributed by atoms with E-state index in [1.165, 1.54) is 0 Å². The highest BCUT2D eigenvalue weighted by Gasteiger charge is 2.04. The second-order valence-electron chi connectivity index (χ2n) is 4.91. The summed E-state index contributed by atoms with van der Waals surface area (Å²) in [6.45, 7) is 1.82. The molecule has 0 spiro atoms. The van der Waals surface area contributed by atoms with Crippen LogP contribution in [-0.2, 0) is 6.54 Å². The summed E-state index contributed by atoms with van der Waals surface area (Å²) in [5.74, 6) is 1.48. The van der Waals surface area contributed by atoms with Crippen molar-refractivity contribution < 1.29 is 4.74 Å². The molecule has 8 heteroatoms. The fourth-order valence-electron chi connectivity index (χ4n) is 1.75. The van der Waals surface area contributed by atoms with Gasteiger partial charge in [-0.25, -0.2) is 4.98 Å². The van der Waals surface area contributed by atoms with Crippen LogP contribution in [0.4, 0.5) is 5.13 Å². The Morgan fingerprint density at radius 2 is 2.26 bits per heavy atom. The fraction of sp³-hybridized carbons (Fsp3) is 0.400. The Labute approximate surface area is 140 Å². The number of hydrogen-bond donors (Lipinski definition) is 2. The zero-order valence-electron chi connectivity index (χ0n) is 13.6. The predicted octanol–water partition coefficient (Wildman–Crippen LogP) is 1.35. The monoisotopic (exact) mass is 334 g/mol. The molecule has 7 nitrogen and oxygen atoms in total. The smallest absolute Gasteiger partial charge is 0.191 e. The van der Waals surface area contributed by atoms with Gasteiger partial charge in [0, 0.05) is 32.7 Å². The Kier molecular flexibility index (Phi) is 6.61. The third kappa shape index (κ3) is 5.74. The Morgan fingerprint density at radius 1 is 1.39 bits per heavy atom. The molecule has 0 saturated carbocycles. The lowest BCUT2D eigenvalue weighted by atomic mass is 10.5. The van der Waals surface area contributed by atoms with Crippen LogP contribution in [0.3, 0.4) is 0 Å². The summed E-state index contributed by atoms with van der Waals surface area (Å²) in [5, 5.41) is 9.47. The number of rotatable bonds is 7. The lowest BCUT2D eigenvalue weighted by Crippen LogP contribution is -2.38. The number of pyridine rings is 1. The molecule has 2 rings (SSSR count). The van der Waals surface area contributed by atoms with Crippen molar-refractivity contribution in [2.75, 3.05) is 39.2 Å². The molecule has 0 amide bonds. The maximum Gasteiger partial charge on any atom is 0.191 e. The van der Waals surface area contributed by atoms with Gasteiger partial charge in [0.25, 0.3) is 0 Å². The molecule has 0 radical (unpaired) electrons. The average molecular weight is 334 g/mol. The summed E-state index contributed by atoms with van der Waals surface area (Å²) in [7, 11) is 5.71. The Morgan fingerprint density at radius 3 is 2.91 bits per heavy atom. The largest absolute Gasteiger partial charge is 0.490 e. The van der Waals surface area contributed by atoms with Gasteiger partial charge in [-0.1, -0.05) is 0 Å². The minimum absolute atomic E-state index is 0.536. The van der Waals surface area contributed by atoms with Crippen LogP contribution in [0.25, 0.3) is 0 Å². The summed E-state index contributed by atoms with van der Waals surface area (Å²) < 4.78 is 5.57. The zero-order valence-corrected chi connectivity index (χ0v) is 14.4. The van der Waals surface area contributed by atoms with Crippen molar-refractivity contribution in [2.45, 2.75) is 6.54 Å². The summed E-state index contributed by atoms with van der Waals surface area (Å²) in [5.41, 5.74) is 0.994. The first-order valence-corrected chi connectivity index (χ1v) is 8.16. The van der Waals surface area contributed by atoms with Crippen LogP contribution in [0.15, 0.2) is 34.9 Å². The first-order chi connectivity index (χ1) is 11.2. The van der Waals surface area contributed by atoms with Crippen LogP contribution in [0.5, 0.6) is 5.75 Å². The lowest BCUT2D eigenvalue weighted by molar-refractivity contribution is 0.320. The van der Waals surface area contributed by atoms with E-state index in [-0.39, 0.29) is 0 Å². The van der Waals surface area contributed by atoms with Crippen molar-refractivity contribution in [2.24, 2.45) is 4.99 Å². The normalized spacial score (nSPS) is 11.2. The van der Waals surface area contributed by atoms with E-state index >= 15 is 0 Å². The number of guanidine groups is 1. The molecule has 0 atom stereocenters. The number of aromatic nitrogens is 2. The molecule has 0 aliphatic carbocycles. The minimum Gasteiger partial charge on any atom is -0.490 e. The van der Waals surface area contributed by atoms with Gasteiger partial charge < -0.3 is 20.3 Å². The molecule has 2 heterocycles. The van der Waals surface area contributed by atoms with E-state index in [9.17, 15) is 0 Å². The van der Waals surface area contributed by atoms with E-state index in [2.05, 4.69) is 25.6 Å². The number of nitrogens with one attached hydrogen (secondary N) is 2. The molecule has 0 saturated heterocycles. The molecular formula is C15H22N6OS. The van der Waals surface area contributed by atoms with Gasteiger partial charge in [-0.3, -0.25) is 9.98 Å². The number of anilines is 1. The topological polar surface area (TPSA) is 74.7 Å². The Bertz CT molecular complexity index is 613. The van der Waals surface area contributed by atoms with Crippen LogP contribution < -0.4 is 20.3 Å². The Hall–Kier alpha value is -2.35. The summed E-state index contributed by atoms with van der Waals surface area (Å²) in [6, 6.07) is 3.73. The molecule has 0 aliphatic heterocycles. The fourth-order valence-corrected chi connectivity index (χ4v) is 2.51. The van der Waals surface area contributed by atoms with Gasteiger partial charge in [0.1, 0.15) is 12.4 Å². The van der Waals surface area contributed by atoms with Gasteiger partial charge in [-0.15, -0.1) is 11.3 Å². The van der Waals surface area contributed by atoms with Gasteiger partial charge in [0.05, 0.1) is 25.0 Å². The van der Waals surface area contributed by atoms with Gasteiger partial charge in [-0.2, -0.15) is 0 Å². The lowest BCUT2D eigenvalue weighted by Gasteiger charge is -2.11. The SMILES string of the molecule is CN=C(NCCOc1cccnc1)NCc1csc(N(C)C)n1. The third-order valence-corrected chi connectivity index (χ3v) is 3.94. The first-order valence-electron chi connectivity index (χ1n) is 7.28. The van der Waals surface area contributed by atoms with Crippen molar-refractivity contribution >= 4 is 22.4 Å². The molecule has 0 aliphatic rings. The molecule has 124 valence electrons. The third-order valence-electron chi connectivity index (χ3n) is 2.88. The van der Waals surface area contributed by atoms with Crippen LogP contribution >= 0.6 is 11.3 Å². The molecule has 2 N–H and O–H groups in total. The standard InChI is InChI=1S/C15H22N6OS/c1-16-14(18-7-8-22-13-5-4-6-17-10-13)19-9-12-11-23-15(20-12)21(2)3/h4-6,10-11H,7-9H2,1-3H3,(H2,16,18,19).